The number of aryl methyl sites for hydroxylation is 2. The summed E-state index contributed by atoms with van der Waals surface area (Å²) >= 11 is 0. The van der Waals surface area contributed by atoms with Crippen molar-refractivity contribution in [3.8, 4) is 0 Å². The smallest absolute Gasteiger partial charge is 0.315 e. The number of hydrogen-bond acceptors (Lipinski definition) is 2. The van der Waals surface area contributed by atoms with Crippen molar-refractivity contribution in [1.82, 2.24) is 15.6 Å². The summed E-state index contributed by atoms with van der Waals surface area (Å²) in [6, 6.07) is 11.7. The van der Waals surface area contributed by atoms with Crippen LogP contribution in [0.5, 0.6) is 0 Å². The van der Waals surface area contributed by atoms with Gasteiger partial charge in [0, 0.05) is 11.3 Å². The Morgan fingerprint density at radius 3 is 2.58 bits per heavy atom. The molecule has 1 heterocycles. The number of carbonyl (C=O) groups is 1. The van der Waals surface area contributed by atoms with Crippen molar-refractivity contribution in [2.45, 2.75) is 39.3 Å². The molecule has 1 aromatic heterocycles. The second kappa shape index (κ2) is 6.91. The normalized spacial score (nSPS) is 14.9. The largest absolute Gasteiger partial charge is 0.334 e. The van der Waals surface area contributed by atoms with E-state index in [1.807, 2.05) is 50.2 Å². The highest BCUT2D eigenvalue weighted by molar-refractivity contribution is 5.74. The summed E-state index contributed by atoms with van der Waals surface area (Å²) in [6.45, 7) is 3.95. The van der Waals surface area contributed by atoms with E-state index >= 15 is 0 Å². The van der Waals surface area contributed by atoms with Gasteiger partial charge in [0.1, 0.15) is 0 Å². The molecule has 3 rings (SSSR count). The molecule has 24 heavy (non-hydrogen) atoms. The molecule has 0 saturated heterocycles. The van der Waals surface area contributed by atoms with Crippen LogP contribution in [0.25, 0.3) is 0 Å². The zero-order valence-electron chi connectivity index (χ0n) is 14.1. The minimum absolute atomic E-state index is 0.0311. The maximum Gasteiger partial charge on any atom is 0.315 e. The molecular formula is C19H23N3O2. The van der Waals surface area contributed by atoms with E-state index in [0.29, 0.717) is 11.5 Å². The van der Waals surface area contributed by atoms with E-state index in [1.54, 1.807) is 0 Å². The Labute approximate surface area is 141 Å². The quantitative estimate of drug-likeness (QED) is 0.791. The molecule has 5 heteroatoms. The van der Waals surface area contributed by atoms with Crippen LogP contribution in [0, 0.1) is 19.8 Å². The number of aromatic amines is 1. The van der Waals surface area contributed by atoms with Gasteiger partial charge in [-0.25, -0.2) is 4.79 Å². The number of benzene rings is 1. The standard InChI is InChI=1S/C19H23N3O2/c1-12-10-13(2)21-18(23)16(12)11-20-19(24)22-17(15-8-9-15)14-6-4-3-5-7-14/h3-7,10,15,17H,8-9,11H2,1-2H3,(H,21,23)(H2,20,22,24)/t17-/m1/s1. The van der Waals surface area contributed by atoms with Crippen LogP contribution in [-0.2, 0) is 6.54 Å². The Morgan fingerprint density at radius 1 is 1.25 bits per heavy atom. The van der Waals surface area contributed by atoms with Crippen molar-refractivity contribution < 1.29 is 4.79 Å². The molecule has 0 bridgehead atoms. The highest BCUT2D eigenvalue weighted by Crippen LogP contribution is 2.40. The Balaban J connectivity index is 1.64. The Bertz CT molecular complexity index is 779. The number of H-pyrrole nitrogens is 1. The van der Waals surface area contributed by atoms with Crippen molar-refractivity contribution in [2.75, 3.05) is 0 Å². The summed E-state index contributed by atoms with van der Waals surface area (Å²) in [5.74, 6) is 0.502. The molecule has 3 N–H and O–H groups in total. The summed E-state index contributed by atoms with van der Waals surface area (Å²) in [7, 11) is 0. The molecule has 1 atom stereocenters. The van der Waals surface area contributed by atoms with Gasteiger partial charge in [0.15, 0.2) is 0 Å². The molecule has 0 spiro atoms. The number of rotatable bonds is 5. The molecule has 0 aliphatic heterocycles. The maximum atomic E-state index is 12.3. The van der Waals surface area contributed by atoms with Gasteiger partial charge in [0.05, 0.1) is 12.6 Å². The van der Waals surface area contributed by atoms with E-state index < -0.39 is 0 Å². The van der Waals surface area contributed by atoms with Gasteiger partial charge in [-0.05, 0) is 49.8 Å². The Morgan fingerprint density at radius 2 is 1.96 bits per heavy atom. The number of carbonyl (C=O) groups excluding carboxylic acids is 1. The molecule has 5 nitrogen and oxygen atoms in total. The number of urea groups is 1. The average Bonchev–Trinajstić information content (AvgIpc) is 3.37. The van der Waals surface area contributed by atoms with E-state index in [4.69, 9.17) is 0 Å². The monoisotopic (exact) mass is 325 g/mol. The van der Waals surface area contributed by atoms with Gasteiger partial charge in [0.25, 0.3) is 5.56 Å². The van der Waals surface area contributed by atoms with E-state index in [1.165, 1.54) is 0 Å². The van der Waals surface area contributed by atoms with Crippen LogP contribution in [-0.4, -0.2) is 11.0 Å². The molecule has 1 aromatic carbocycles. The SMILES string of the molecule is Cc1cc(C)c(CNC(=O)N[C@H](c2ccccc2)C2CC2)c(=O)[nH]1. The van der Waals surface area contributed by atoms with Crippen molar-refractivity contribution >= 4 is 6.03 Å². The lowest BCUT2D eigenvalue weighted by molar-refractivity contribution is 0.235. The third-order valence-electron chi connectivity index (χ3n) is 4.46. The number of pyridine rings is 1. The molecule has 1 aliphatic carbocycles. The third-order valence-corrected chi connectivity index (χ3v) is 4.46. The molecule has 1 fully saturated rings. The topological polar surface area (TPSA) is 74.0 Å². The van der Waals surface area contributed by atoms with Gasteiger partial charge in [-0.15, -0.1) is 0 Å². The van der Waals surface area contributed by atoms with Crippen LogP contribution in [0.4, 0.5) is 4.79 Å². The van der Waals surface area contributed by atoms with Gasteiger partial charge in [-0.3, -0.25) is 4.79 Å². The van der Waals surface area contributed by atoms with Gasteiger partial charge in [-0.1, -0.05) is 30.3 Å². The first kappa shape index (κ1) is 16.3. The lowest BCUT2D eigenvalue weighted by Gasteiger charge is -2.19. The molecule has 2 amide bonds. The fraction of sp³-hybridized carbons (Fsp3) is 0.368. The first-order valence-corrected chi connectivity index (χ1v) is 8.33. The molecule has 0 radical (unpaired) electrons. The van der Waals surface area contributed by atoms with Gasteiger partial charge >= 0.3 is 6.03 Å². The van der Waals surface area contributed by atoms with Crippen LogP contribution >= 0.6 is 0 Å². The van der Waals surface area contributed by atoms with Crippen LogP contribution in [0.2, 0.25) is 0 Å². The minimum atomic E-state index is -0.241. The molecule has 2 aromatic rings. The van der Waals surface area contributed by atoms with Crippen molar-refractivity contribution in [3.63, 3.8) is 0 Å². The fourth-order valence-corrected chi connectivity index (χ4v) is 3.03. The Kier molecular flexibility index (Phi) is 4.69. The summed E-state index contributed by atoms with van der Waals surface area (Å²) < 4.78 is 0. The molecule has 126 valence electrons. The number of aromatic nitrogens is 1. The first-order chi connectivity index (χ1) is 11.5. The summed E-state index contributed by atoms with van der Waals surface area (Å²) in [4.78, 5) is 27.1. The number of hydrogen-bond donors (Lipinski definition) is 3. The average molecular weight is 325 g/mol. The Hall–Kier alpha value is -2.56. The highest BCUT2D eigenvalue weighted by atomic mass is 16.2. The predicted molar refractivity (Wildman–Crippen MR) is 93.8 cm³/mol. The molecule has 0 unspecified atom stereocenters. The fourth-order valence-electron chi connectivity index (χ4n) is 3.03. The summed E-state index contributed by atoms with van der Waals surface area (Å²) in [5.41, 5.74) is 3.29. The number of amides is 2. The zero-order valence-corrected chi connectivity index (χ0v) is 14.1. The maximum absolute atomic E-state index is 12.3. The van der Waals surface area contributed by atoms with Crippen molar-refractivity contribution in [2.24, 2.45) is 5.92 Å². The van der Waals surface area contributed by atoms with E-state index in [9.17, 15) is 9.59 Å². The second-order valence-electron chi connectivity index (χ2n) is 6.50. The number of nitrogens with one attached hydrogen (secondary N) is 3. The van der Waals surface area contributed by atoms with Crippen LogP contribution in [0.1, 0.15) is 41.3 Å². The van der Waals surface area contributed by atoms with Gasteiger partial charge in [0.2, 0.25) is 0 Å². The van der Waals surface area contributed by atoms with Gasteiger partial charge in [-0.2, -0.15) is 0 Å². The molecule has 1 aliphatic rings. The predicted octanol–water partition coefficient (Wildman–Crippen LogP) is 2.94. The lowest BCUT2D eigenvalue weighted by Crippen LogP contribution is -2.39. The van der Waals surface area contributed by atoms with Crippen LogP contribution in [0.3, 0.4) is 0 Å². The zero-order chi connectivity index (χ0) is 17.1. The summed E-state index contributed by atoms with van der Waals surface area (Å²) in [5, 5.41) is 5.87. The lowest BCUT2D eigenvalue weighted by atomic mass is 10.0. The van der Waals surface area contributed by atoms with E-state index in [-0.39, 0.29) is 24.2 Å². The van der Waals surface area contributed by atoms with E-state index in [0.717, 1.165) is 29.7 Å². The minimum Gasteiger partial charge on any atom is -0.334 e. The second-order valence-corrected chi connectivity index (χ2v) is 6.50. The third kappa shape index (κ3) is 3.85. The van der Waals surface area contributed by atoms with Crippen LogP contribution in [0.15, 0.2) is 41.2 Å². The van der Waals surface area contributed by atoms with Gasteiger partial charge < -0.3 is 15.6 Å². The van der Waals surface area contributed by atoms with Crippen LogP contribution < -0.4 is 16.2 Å². The van der Waals surface area contributed by atoms with E-state index in [2.05, 4.69) is 15.6 Å². The summed E-state index contributed by atoms with van der Waals surface area (Å²) in [6.07, 6.45) is 2.27. The highest BCUT2D eigenvalue weighted by Gasteiger charge is 2.33. The first-order valence-electron chi connectivity index (χ1n) is 8.33. The van der Waals surface area contributed by atoms with Crippen molar-refractivity contribution in [3.05, 3.63) is 69.1 Å². The molecular weight excluding hydrogens is 302 g/mol. The molecule has 1 saturated carbocycles. The van der Waals surface area contributed by atoms with Crippen molar-refractivity contribution in [1.29, 1.82) is 0 Å².